The first kappa shape index (κ1) is 24.7. The van der Waals surface area contributed by atoms with Crippen LogP contribution in [0.25, 0.3) is 0 Å². The zero-order valence-electron chi connectivity index (χ0n) is 20.4. The van der Waals surface area contributed by atoms with Crippen LogP contribution < -0.4 is 9.47 Å². The summed E-state index contributed by atoms with van der Waals surface area (Å²) in [6.07, 6.45) is 3.31. The molecule has 7 nitrogen and oxygen atoms in total. The van der Waals surface area contributed by atoms with E-state index in [4.69, 9.17) is 13.9 Å². The van der Waals surface area contributed by atoms with Crippen molar-refractivity contribution >= 4 is 11.8 Å². The highest BCUT2D eigenvalue weighted by atomic mass is 16.5. The average molecular weight is 457 g/mol. The van der Waals surface area contributed by atoms with E-state index >= 15 is 0 Å². The maximum atomic E-state index is 13.4. The largest absolute Gasteiger partial charge is 0.493 e. The molecule has 180 valence electrons. The first-order chi connectivity index (χ1) is 15.9. The smallest absolute Gasteiger partial charge is 0.242 e. The number of furan rings is 1. The third-order valence-electron chi connectivity index (χ3n) is 6.25. The number of nitrogens with zero attached hydrogens (tertiary/aromatic N) is 2. The van der Waals surface area contributed by atoms with Crippen molar-refractivity contribution < 1.29 is 23.5 Å². The molecule has 1 aliphatic carbocycles. The summed E-state index contributed by atoms with van der Waals surface area (Å²) >= 11 is 0. The van der Waals surface area contributed by atoms with E-state index in [-0.39, 0.29) is 30.3 Å². The highest BCUT2D eigenvalue weighted by molar-refractivity contribution is 5.87. The minimum atomic E-state index is -0.0705. The lowest BCUT2D eigenvalue weighted by molar-refractivity contribution is -0.143. The van der Waals surface area contributed by atoms with E-state index in [0.29, 0.717) is 31.0 Å². The third-order valence-corrected chi connectivity index (χ3v) is 6.25. The molecule has 0 bridgehead atoms. The van der Waals surface area contributed by atoms with Crippen molar-refractivity contribution in [1.29, 1.82) is 0 Å². The Balaban J connectivity index is 1.75. The standard InChI is InChI=1S/C26H36N2O5/c1-6-18(2)28(26(30)21-9-10-21)17-25(29)27(16-22-11-7-19(3)33-22)14-13-20-8-12-23(31-4)24(15-20)32-5/h7-8,11-12,15,18,21H,6,9-10,13-14,16-17H2,1-5H3. The van der Waals surface area contributed by atoms with Crippen molar-refractivity contribution in [2.75, 3.05) is 27.3 Å². The summed E-state index contributed by atoms with van der Waals surface area (Å²) in [5, 5.41) is 0. The fraction of sp³-hybridized carbons (Fsp3) is 0.538. The van der Waals surface area contributed by atoms with Crippen LogP contribution in [0.1, 0.15) is 50.2 Å². The third kappa shape index (κ3) is 6.53. The Kier molecular flexibility index (Phi) is 8.42. The Hall–Kier alpha value is -2.96. The lowest BCUT2D eigenvalue weighted by Crippen LogP contribution is -2.47. The Morgan fingerprint density at radius 1 is 1.12 bits per heavy atom. The fourth-order valence-electron chi connectivity index (χ4n) is 3.83. The van der Waals surface area contributed by atoms with Crippen LogP contribution in [0.2, 0.25) is 0 Å². The van der Waals surface area contributed by atoms with Gasteiger partial charge in [0, 0.05) is 18.5 Å². The van der Waals surface area contributed by atoms with Crippen molar-refractivity contribution in [2.45, 2.75) is 59.0 Å². The van der Waals surface area contributed by atoms with Gasteiger partial charge in [-0.15, -0.1) is 0 Å². The Bertz CT molecular complexity index is 950. The first-order valence-electron chi connectivity index (χ1n) is 11.7. The molecule has 1 saturated carbocycles. The van der Waals surface area contributed by atoms with E-state index in [1.165, 1.54) is 0 Å². The molecule has 2 aromatic rings. The first-order valence-corrected chi connectivity index (χ1v) is 11.7. The van der Waals surface area contributed by atoms with Crippen molar-refractivity contribution in [3.05, 3.63) is 47.4 Å². The Labute approximate surface area is 196 Å². The number of carbonyl (C=O) groups is 2. The zero-order chi connectivity index (χ0) is 24.0. The van der Waals surface area contributed by atoms with Gasteiger partial charge in [0.25, 0.3) is 0 Å². The van der Waals surface area contributed by atoms with Crippen LogP contribution in [0.4, 0.5) is 0 Å². The molecule has 1 heterocycles. The molecule has 0 radical (unpaired) electrons. The molecule has 3 rings (SSSR count). The van der Waals surface area contributed by atoms with Gasteiger partial charge in [-0.1, -0.05) is 13.0 Å². The Morgan fingerprint density at radius 3 is 2.42 bits per heavy atom. The minimum absolute atomic E-state index is 0.0283. The molecule has 1 aromatic heterocycles. The number of ether oxygens (including phenoxy) is 2. The molecule has 0 spiro atoms. The van der Waals surface area contributed by atoms with Crippen molar-refractivity contribution in [3.8, 4) is 11.5 Å². The van der Waals surface area contributed by atoms with Crippen LogP contribution in [0.5, 0.6) is 11.5 Å². The van der Waals surface area contributed by atoms with Crippen LogP contribution in [0.3, 0.4) is 0 Å². The lowest BCUT2D eigenvalue weighted by atomic mass is 10.1. The van der Waals surface area contributed by atoms with E-state index in [0.717, 1.165) is 36.3 Å². The van der Waals surface area contributed by atoms with Gasteiger partial charge in [-0.25, -0.2) is 0 Å². The van der Waals surface area contributed by atoms with Gasteiger partial charge < -0.3 is 23.7 Å². The van der Waals surface area contributed by atoms with E-state index in [9.17, 15) is 9.59 Å². The minimum Gasteiger partial charge on any atom is -0.493 e. The Morgan fingerprint density at radius 2 is 1.85 bits per heavy atom. The number of carbonyl (C=O) groups excluding carboxylic acids is 2. The van der Waals surface area contributed by atoms with Crippen molar-refractivity contribution in [3.63, 3.8) is 0 Å². The fourth-order valence-corrected chi connectivity index (χ4v) is 3.83. The van der Waals surface area contributed by atoms with Crippen LogP contribution in [-0.2, 0) is 22.6 Å². The van der Waals surface area contributed by atoms with Crippen LogP contribution >= 0.6 is 0 Å². The lowest BCUT2D eigenvalue weighted by Gasteiger charge is -2.31. The molecule has 1 aromatic carbocycles. The number of rotatable bonds is 12. The van der Waals surface area contributed by atoms with Crippen molar-refractivity contribution in [1.82, 2.24) is 9.80 Å². The number of benzene rings is 1. The molecular formula is C26H36N2O5. The predicted molar refractivity (Wildman–Crippen MR) is 126 cm³/mol. The molecule has 0 saturated heterocycles. The van der Waals surface area contributed by atoms with Gasteiger partial charge in [-0.2, -0.15) is 0 Å². The molecule has 0 aliphatic heterocycles. The van der Waals surface area contributed by atoms with Gasteiger partial charge in [0.2, 0.25) is 11.8 Å². The molecule has 1 fully saturated rings. The summed E-state index contributed by atoms with van der Waals surface area (Å²) < 4.78 is 16.5. The number of aryl methyl sites for hydroxylation is 1. The summed E-state index contributed by atoms with van der Waals surface area (Å²) in [6, 6.07) is 9.60. The van der Waals surface area contributed by atoms with E-state index in [2.05, 4.69) is 0 Å². The predicted octanol–water partition coefficient (Wildman–Crippen LogP) is 4.21. The van der Waals surface area contributed by atoms with Crippen molar-refractivity contribution in [2.24, 2.45) is 5.92 Å². The summed E-state index contributed by atoms with van der Waals surface area (Å²) in [5.41, 5.74) is 1.04. The zero-order valence-corrected chi connectivity index (χ0v) is 20.4. The number of methoxy groups -OCH3 is 2. The molecule has 1 atom stereocenters. The summed E-state index contributed by atoms with van der Waals surface area (Å²) in [4.78, 5) is 29.8. The molecule has 33 heavy (non-hydrogen) atoms. The van der Waals surface area contributed by atoms with Gasteiger partial charge >= 0.3 is 0 Å². The second-order valence-corrected chi connectivity index (χ2v) is 8.76. The van der Waals surface area contributed by atoms with Gasteiger partial charge in [0.1, 0.15) is 18.1 Å². The second kappa shape index (κ2) is 11.3. The molecule has 1 unspecified atom stereocenters. The number of amides is 2. The molecule has 2 amide bonds. The van der Waals surface area contributed by atoms with Crippen LogP contribution in [-0.4, -0.2) is 55.0 Å². The normalized spacial score (nSPS) is 14.0. The van der Waals surface area contributed by atoms with Gasteiger partial charge in [-0.05, 0) is 69.4 Å². The van der Waals surface area contributed by atoms with E-state index in [1.807, 2.05) is 51.1 Å². The van der Waals surface area contributed by atoms with E-state index in [1.54, 1.807) is 24.0 Å². The molecule has 0 N–H and O–H groups in total. The number of hydrogen-bond donors (Lipinski definition) is 0. The number of hydrogen-bond acceptors (Lipinski definition) is 5. The van der Waals surface area contributed by atoms with Crippen LogP contribution in [0, 0.1) is 12.8 Å². The van der Waals surface area contributed by atoms with Crippen LogP contribution in [0.15, 0.2) is 34.7 Å². The van der Waals surface area contributed by atoms with Gasteiger partial charge in [0.15, 0.2) is 11.5 Å². The maximum absolute atomic E-state index is 13.4. The quantitative estimate of drug-likeness (QED) is 0.478. The molecule has 7 heteroatoms. The van der Waals surface area contributed by atoms with Gasteiger partial charge in [0.05, 0.1) is 20.8 Å². The summed E-state index contributed by atoms with van der Waals surface area (Å²) in [6.45, 7) is 6.90. The topological polar surface area (TPSA) is 72.2 Å². The summed E-state index contributed by atoms with van der Waals surface area (Å²) in [7, 11) is 3.21. The summed E-state index contributed by atoms with van der Waals surface area (Å²) in [5.74, 6) is 2.99. The SMILES string of the molecule is CCC(C)N(CC(=O)N(CCc1ccc(OC)c(OC)c1)Cc1ccc(C)o1)C(=O)C1CC1. The van der Waals surface area contributed by atoms with E-state index < -0.39 is 0 Å². The molecule has 1 aliphatic rings. The monoisotopic (exact) mass is 456 g/mol. The highest BCUT2D eigenvalue weighted by Crippen LogP contribution is 2.32. The van der Waals surface area contributed by atoms with Gasteiger partial charge in [-0.3, -0.25) is 9.59 Å². The highest BCUT2D eigenvalue weighted by Gasteiger charge is 2.36. The average Bonchev–Trinajstić information content (AvgIpc) is 3.60. The molecular weight excluding hydrogens is 420 g/mol. The second-order valence-electron chi connectivity index (χ2n) is 8.76. The maximum Gasteiger partial charge on any atom is 0.242 e.